The quantitative estimate of drug-likeness (QED) is 0.906. The van der Waals surface area contributed by atoms with Crippen molar-refractivity contribution in [3.63, 3.8) is 0 Å². The molecular formula is C15H20N4O. The van der Waals surface area contributed by atoms with Crippen LogP contribution in [0.15, 0.2) is 36.7 Å². The van der Waals surface area contributed by atoms with Gasteiger partial charge in [0.05, 0.1) is 0 Å². The average Bonchev–Trinajstić information content (AvgIpc) is 2.85. The van der Waals surface area contributed by atoms with Crippen LogP contribution in [0.25, 0.3) is 11.4 Å². The van der Waals surface area contributed by atoms with E-state index in [4.69, 9.17) is 0 Å². The van der Waals surface area contributed by atoms with E-state index in [9.17, 15) is 4.79 Å². The van der Waals surface area contributed by atoms with Crippen LogP contribution in [0, 0.1) is 0 Å². The Morgan fingerprint density at radius 3 is 2.60 bits per heavy atom. The number of carbonyl (C=O) groups is 1. The molecule has 0 atom stereocenters. The summed E-state index contributed by atoms with van der Waals surface area (Å²) >= 11 is 0. The summed E-state index contributed by atoms with van der Waals surface area (Å²) in [7, 11) is 4.11. The Morgan fingerprint density at radius 1 is 1.30 bits per heavy atom. The Hall–Kier alpha value is -2.14. The van der Waals surface area contributed by atoms with Gasteiger partial charge in [-0.2, -0.15) is 0 Å². The molecule has 0 saturated heterocycles. The van der Waals surface area contributed by atoms with Gasteiger partial charge in [-0.25, -0.2) is 4.98 Å². The Morgan fingerprint density at radius 2 is 2.00 bits per heavy atom. The first-order chi connectivity index (χ1) is 9.56. The molecule has 0 unspecified atom stereocenters. The predicted molar refractivity (Wildman–Crippen MR) is 80.5 cm³/mol. The maximum absolute atomic E-state index is 11.0. The third-order valence-electron chi connectivity index (χ3n) is 2.97. The van der Waals surface area contributed by atoms with Crippen molar-refractivity contribution in [3.8, 4) is 11.4 Å². The summed E-state index contributed by atoms with van der Waals surface area (Å²) < 4.78 is 2.13. The first kappa shape index (κ1) is 14.3. The number of nitrogens with zero attached hydrogens (tertiary/aromatic N) is 3. The summed E-state index contributed by atoms with van der Waals surface area (Å²) in [4.78, 5) is 17.6. The minimum Gasteiger partial charge on any atom is -0.330 e. The second-order valence-corrected chi connectivity index (χ2v) is 5.01. The number of likely N-dealkylation sites (N-methyl/N-ethyl adjacent to an activating group) is 1. The predicted octanol–water partition coefficient (Wildman–Crippen LogP) is 2.07. The number of amides is 1. The fourth-order valence-corrected chi connectivity index (χ4v) is 1.96. The molecule has 2 rings (SSSR count). The second kappa shape index (κ2) is 6.34. The number of rotatable bonds is 5. The molecule has 1 amide bonds. The summed E-state index contributed by atoms with van der Waals surface area (Å²) in [5, 5.41) is 2.76. The third kappa shape index (κ3) is 3.68. The molecular weight excluding hydrogens is 252 g/mol. The Labute approximate surface area is 119 Å². The Kier molecular flexibility index (Phi) is 4.53. The Balaban J connectivity index is 2.15. The van der Waals surface area contributed by atoms with E-state index < -0.39 is 0 Å². The van der Waals surface area contributed by atoms with E-state index in [0.29, 0.717) is 0 Å². The van der Waals surface area contributed by atoms with Crippen LogP contribution in [0.5, 0.6) is 0 Å². The first-order valence-corrected chi connectivity index (χ1v) is 6.60. The van der Waals surface area contributed by atoms with Gasteiger partial charge >= 0.3 is 0 Å². The van der Waals surface area contributed by atoms with Gasteiger partial charge in [-0.15, -0.1) is 0 Å². The van der Waals surface area contributed by atoms with Crippen molar-refractivity contribution in [1.29, 1.82) is 0 Å². The summed E-state index contributed by atoms with van der Waals surface area (Å²) in [6.45, 7) is 3.37. The standard InChI is InChI=1S/C15H20N4O/c1-12(20)17-14-6-4-13(5-7-14)15-16-8-9-19(15)11-10-18(2)3/h4-9H,10-11H2,1-3H3,(H,17,20). The maximum atomic E-state index is 11.0. The van der Waals surface area contributed by atoms with E-state index >= 15 is 0 Å². The van der Waals surface area contributed by atoms with Gasteiger partial charge in [0.1, 0.15) is 5.82 Å². The van der Waals surface area contributed by atoms with Crippen LogP contribution in [0.3, 0.4) is 0 Å². The molecule has 106 valence electrons. The van der Waals surface area contributed by atoms with Crippen LogP contribution in [0.4, 0.5) is 5.69 Å². The van der Waals surface area contributed by atoms with Gasteiger partial charge in [0.15, 0.2) is 0 Å². The highest BCUT2D eigenvalue weighted by molar-refractivity contribution is 5.88. The molecule has 1 aromatic heterocycles. The highest BCUT2D eigenvalue weighted by atomic mass is 16.1. The number of benzene rings is 1. The van der Waals surface area contributed by atoms with E-state index in [2.05, 4.69) is 33.9 Å². The molecule has 0 fully saturated rings. The van der Waals surface area contributed by atoms with E-state index in [0.717, 1.165) is 30.2 Å². The van der Waals surface area contributed by atoms with E-state index in [1.54, 1.807) is 0 Å². The smallest absolute Gasteiger partial charge is 0.221 e. The van der Waals surface area contributed by atoms with Gasteiger partial charge < -0.3 is 14.8 Å². The highest BCUT2D eigenvalue weighted by Gasteiger charge is 2.06. The molecule has 0 spiro atoms. The number of anilines is 1. The molecule has 0 saturated carbocycles. The van der Waals surface area contributed by atoms with Crippen molar-refractivity contribution in [2.24, 2.45) is 0 Å². The molecule has 0 aliphatic heterocycles. The molecule has 20 heavy (non-hydrogen) atoms. The first-order valence-electron chi connectivity index (χ1n) is 6.60. The summed E-state index contributed by atoms with van der Waals surface area (Å²) in [6, 6.07) is 7.73. The van der Waals surface area contributed by atoms with Crippen molar-refractivity contribution in [2.45, 2.75) is 13.5 Å². The molecule has 0 aliphatic rings. The lowest BCUT2D eigenvalue weighted by atomic mass is 10.2. The number of imidazole rings is 1. The molecule has 1 N–H and O–H groups in total. The van der Waals surface area contributed by atoms with Gasteiger partial charge in [0.25, 0.3) is 0 Å². The fraction of sp³-hybridized carbons (Fsp3) is 0.333. The van der Waals surface area contributed by atoms with Crippen LogP contribution in [-0.4, -0.2) is 41.0 Å². The Bertz CT molecular complexity index is 572. The van der Waals surface area contributed by atoms with Crippen LogP contribution in [0.1, 0.15) is 6.92 Å². The van der Waals surface area contributed by atoms with Crippen molar-refractivity contribution in [3.05, 3.63) is 36.7 Å². The number of hydrogen-bond donors (Lipinski definition) is 1. The molecule has 0 aliphatic carbocycles. The topological polar surface area (TPSA) is 50.2 Å². The third-order valence-corrected chi connectivity index (χ3v) is 2.97. The van der Waals surface area contributed by atoms with Gasteiger partial charge in [-0.1, -0.05) is 0 Å². The van der Waals surface area contributed by atoms with Crippen molar-refractivity contribution in [2.75, 3.05) is 26.0 Å². The van der Waals surface area contributed by atoms with E-state index in [1.807, 2.05) is 36.7 Å². The lowest BCUT2D eigenvalue weighted by Gasteiger charge is -2.12. The van der Waals surface area contributed by atoms with Gasteiger partial charge in [0, 0.05) is 43.7 Å². The maximum Gasteiger partial charge on any atom is 0.221 e. The summed E-state index contributed by atoms with van der Waals surface area (Å²) in [6.07, 6.45) is 3.80. The van der Waals surface area contributed by atoms with Crippen LogP contribution < -0.4 is 5.32 Å². The van der Waals surface area contributed by atoms with Gasteiger partial charge in [-0.05, 0) is 38.4 Å². The SMILES string of the molecule is CC(=O)Nc1ccc(-c2nccn2CCN(C)C)cc1. The zero-order valence-electron chi connectivity index (χ0n) is 12.1. The normalized spacial score (nSPS) is 10.8. The zero-order chi connectivity index (χ0) is 14.5. The summed E-state index contributed by atoms with van der Waals surface area (Å²) in [5.74, 6) is 0.881. The number of hydrogen-bond acceptors (Lipinski definition) is 3. The average molecular weight is 272 g/mol. The molecule has 0 bridgehead atoms. The van der Waals surface area contributed by atoms with Crippen LogP contribution >= 0.6 is 0 Å². The number of nitrogens with one attached hydrogen (secondary N) is 1. The summed E-state index contributed by atoms with van der Waals surface area (Å²) in [5.41, 5.74) is 1.84. The lowest BCUT2D eigenvalue weighted by molar-refractivity contribution is -0.114. The minimum atomic E-state index is -0.0646. The van der Waals surface area contributed by atoms with Crippen molar-refractivity contribution in [1.82, 2.24) is 14.5 Å². The van der Waals surface area contributed by atoms with Gasteiger partial charge in [-0.3, -0.25) is 4.79 Å². The molecule has 5 nitrogen and oxygen atoms in total. The van der Waals surface area contributed by atoms with Crippen molar-refractivity contribution >= 4 is 11.6 Å². The highest BCUT2D eigenvalue weighted by Crippen LogP contribution is 2.20. The largest absolute Gasteiger partial charge is 0.330 e. The fourth-order valence-electron chi connectivity index (χ4n) is 1.96. The minimum absolute atomic E-state index is 0.0646. The molecule has 0 radical (unpaired) electrons. The zero-order valence-corrected chi connectivity index (χ0v) is 12.1. The lowest BCUT2D eigenvalue weighted by Crippen LogP contribution is -2.18. The van der Waals surface area contributed by atoms with Gasteiger partial charge in [0.2, 0.25) is 5.91 Å². The van der Waals surface area contributed by atoms with E-state index in [1.165, 1.54) is 6.92 Å². The van der Waals surface area contributed by atoms with E-state index in [-0.39, 0.29) is 5.91 Å². The molecule has 5 heteroatoms. The van der Waals surface area contributed by atoms with Crippen LogP contribution in [0.2, 0.25) is 0 Å². The van der Waals surface area contributed by atoms with Crippen molar-refractivity contribution < 1.29 is 4.79 Å². The number of carbonyl (C=O) groups excluding carboxylic acids is 1. The monoisotopic (exact) mass is 272 g/mol. The van der Waals surface area contributed by atoms with Crippen LogP contribution in [-0.2, 0) is 11.3 Å². The number of aromatic nitrogens is 2. The molecule has 2 aromatic rings. The molecule has 1 heterocycles. The molecule has 1 aromatic carbocycles. The second-order valence-electron chi connectivity index (χ2n) is 5.01.